The van der Waals surface area contributed by atoms with Crippen LogP contribution in [0, 0.1) is 12.3 Å². The van der Waals surface area contributed by atoms with Crippen LogP contribution >= 0.6 is 0 Å². The van der Waals surface area contributed by atoms with Crippen molar-refractivity contribution < 1.29 is 4.79 Å². The Balaban J connectivity index is 0.00000102. The molecule has 0 bridgehead atoms. The minimum Gasteiger partial charge on any atom is -0.370 e. The number of hydrogen-bond donors (Lipinski definition) is 1. The smallest absolute Gasteiger partial charge is 0.224 e. The first kappa shape index (κ1) is 20.2. The molecule has 0 unspecified atom stereocenters. The first-order valence-corrected chi connectivity index (χ1v) is 10.4. The maximum Gasteiger partial charge on any atom is 0.224 e. The molecule has 2 N–H and O–H groups in total. The van der Waals surface area contributed by atoms with E-state index in [-0.39, 0.29) is 11.4 Å². The van der Waals surface area contributed by atoms with Crippen molar-refractivity contribution in [1.82, 2.24) is 9.80 Å². The summed E-state index contributed by atoms with van der Waals surface area (Å²) in [5, 5.41) is 0. The summed E-state index contributed by atoms with van der Waals surface area (Å²) in [5.41, 5.74) is 9.11. The predicted molar refractivity (Wildman–Crippen MR) is 112 cm³/mol. The summed E-state index contributed by atoms with van der Waals surface area (Å²) >= 11 is 0. The first-order chi connectivity index (χ1) is 12.9. The van der Waals surface area contributed by atoms with Crippen molar-refractivity contribution in [1.29, 1.82) is 0 Å². The van der Waals surface area contributed by atoms with Crippen LogP contribution in [-0.4, -0.2) is 67.6 Å². The predicted octanol–water partition coefficient (Wildman–Crippen LogP) is 2.48. The Hall–Kier alpha value is -1.59. The Morgan fingerprint density at radius 1 is 1.04 bits per heavy atom. The highest BCUT2D eigenvalue weighted by Crippen LogP contribution is 2.42. The molecule has 5 nitrogen and oxygen atoms in total. The van der Waals surface area contributed by atoms with Gasteiger partial charge in [0.1, 0.15) is 0 Å². The van der Waals surface area contributed by atoms with Gasteiger partial charge in [0.05, 0.1) is 0 Å². The molecule has 3 heterocycles. The standard InChI is InChI=1S/C20H30N4O.C2H6/c1-16-3-5-17(6-4-16)23-12-19(13-23)14-24(15-19)18(25)11-20(21)7-9-22(2)10-8-20;1-2/h3-6H,7-15,21H2,1-2H3;1-2H3. The molecule has 0 aromatic heterocycles. The monoisotopic (exact) mass is 372 g/mol. The van der Waals surface area contributed by atoms with Crippen LogP contribution in [0.25, 0.3) is 0 Å². The second kappa shape index (κ2) is 7.80. The molecular weight excluding hydrogens is 336 g/mol. The van der Waals surface area contributed by atoms with E-state index in [1.54, 1.807) is 0 Å². The van der Waals surface area contributed by atoms with E-state index >= 15 is 0 Å². The number of carbonyl (C=O) groups is 1. The summed E-state index contributed by atoms with van der Waals surface area (Å²) in [6.07, 6.45) is 2.36. The fourth-order valence-corrected chi connectivity index (χ4v) is 4.49. The lowest BCUT2D eigenvalue weighted by Crippen LogP contribution is -2.73. The van der Waals surface area contributed by atoms with E-state index in [0.717, 1.165) is 52.1 Å². The minimum atomic E-state index is -0.292. The Bertz CT molecular complexity index is 635. The molecule has 27 heavy (non-hydrogen) atoms. The van der Waals surface area contributed by atoms with Gasteiger partial charge in [0.2, 0.25) is 5.91 Å². The number of benzene rings is 1. The van der Waals surface area contributed by atoms with Gasteiger partial charge in [-0.1, -0.05) is 31.5 Å². The van der Waals surface area contributed by atoms with Gasteiger partial charge in [-0.2, -0.15) is 0 Å². The van der Waals surface area contributed by atoms with Crippen molar-refractivity contribution in [2.75, 3.05) is 51.2 Å². The van der Waals surface area contributed by atoms with Crippen LogP contribution in [0.3, 0.4) is 0 Å². The number of piperidine rings is 1. The molecule has 1 spiro atoms. The van der Waals surface area contributed by atoms with Crippen LogP contribution in [-0.2, 0) is 4.79 Å². The fourth-order valence-electron chi connectivity index (χ4n) is 4.49. The van der Waals surface area contributed by atoms with Crippen LogP contribution in [0.2, 0.25) is 0 Å². The van der Waals surface area contributed by atoms with E-state index in [0.29, 0.717) is 11.8 Å². The van der Waals surface area contributed by atoms with Crippen molar-refractivity contribution in [2.24, 2.45) is 11.1 Å². The number of hydrogen-bond acceptors (Lipinski definition) is 4. The molecule has 4 rings (SSSR count). The number of nitrogens with zero attached hydrogens (tertiary/aromatic N) is 3. The average Bonchev–Trinajstić information content (AvgIpc) is 2.58. The molecule has 0 saturated carbocycles. The van der Waals surface area contributed by atoms with E-state index in [1.807, 2.05) is 18.7 Å². The van der Waals surface area contributed by atoms with Crippen LogP contribution < -0.4 is 10.6 Å². The quantitative estimate of drug-likeness (QED) is 0.886. The fraction of sp³-hybridized carbons (Fsp3) is 0.682. The number of nitrogens with two attached hydrogens (primary N) is 1. The van der Waals surface area contributed by atoms with Gasteiger partial charge < -0.3 is 20.4 Å². The number of aryl methyl sites for hydroxylation is 1. The number of amides is 1. The van der Waals surface area contributed by atoms with Crippen molar-refractivity contribution in [3.63, 3.8) is 0 Å². The molecule has 150 valence electrons. The third-order valence-electron chi connectivity index (χ3n) is 6.34. The van der Waals surface area contributed by atoms with Crippen LogP contribution in [0.5, 0.6) is 0 Å². The highest BCUT2D eigenvalue weighted by atomic mass is 16.2. The van der Waals surface area contributed by atoms with Gasteiger partial charge in [0, 0.05) is 49.2 Å². The second-order valence-electron chi connectivity index (χ2n) is 8.78. The van der Waals surface area contributed by atoms with Gasteiger partial charge in [-0.25, -0.2) is 0 Å². The van der Waals surface area contributed by atoms with Crippen molar-refractivity contribution >= 4 is 11.6 Å². The number of rotatable bonds is 3. The van der Waals surface area contributed by atoms with Gasteiger partial charge in [-0.05, 0) is 52.0 Å². The molecule has 3 saturated heterocycles. The maximum absolute atomic E-state index is 12.6. The Morgan fingerprint density at radius 3 is 2.15 bits per heavy atom. The largest absolute Gasteiger partial charge is 0.370 e. The first-order valence-electron chi connectivity index (χ1n) is 10.4. The molecule has 5 heteroatoms. The average molecular weight is 373 g/mol. The van der Waals surface area contributed by atoms with Crippen molar-refractivity contribution in [2.45, 2.75) is 45.6 Å². The van der Waals surface area contributed by atoms with Crippen molar-refractivity contribution in [3.05, 3.63) is 29.8 Å². The van der Waals surface area contributed by atoms with Gasteiger partial charge in [-0.3, -0.25) is 4.79 Å². The minimum absolute atomic E-state index is 0.256. The van der Waals surface area contributed by atoms with Crippen molar-refractivity contribution in [3.8, 4) is 0 Å². The zero-order chi connectivity index (χ0) is 19.7. The Morgan fingerprint density at radius 2 is 1.59 bits per heavy atom. The van der Waals surface area contributed by atoms with Crippen LogP contribution in [0.15, 0.2) is 24.3 Å². The van der Waals surface area contributed by atoms with E-state index in [9.17, 15) is 4.79 Å². The summed E-state index contributed by atoms with van der Waals surface area (Å²) in [5.74, 6) is 0.256. The van der Waals surface area contributed by atoms with Crippen LogP contribution in [0.4, 0.5) is 5.69 Å². The SMILES string of the molecule is CC.Cc1ccc(N2CC3(CN(C(=O)CC4(N)CCN(C)CC4)C3)C2)cc1. The number of carbonyl (C=O) groups excluding carboxylic acids is 1. The lowest BCUT2D eigenvalue weighted by molar-refractivity contribution is -0.146. The topological polar surface area (TPSA) is 52.8 Å². The highest BCUT2D eigenvalue weighted by Gasteiger charge is 2.53. The molecule has 1 aromatic carbocycles. The third kappa shape index (κ3) is 4.30. The molecule has 0 aliphatic carbocycles. The summed E-state index contributed by atoms with van der Waals surface area (Å²) in [6.45, 7) is 12.1. The van der Waals surface area contributed by atoms with Gasteiger partial charge in [-0.15, -0.1) is 0 Å². The maximum atomic E-state index is 12.6. The van der Waals surface area contributed by atoms with Gasteiger partial charge >= 0.3 is 0 Å². The lowest BCUT2D eigenvalue weighted by atomic mass is 9.72. The molecular formula is C22H36N4O. The molecule has 3 aliphatic rings. The molecule has 1 amide bonds. The second-order valence-corrected chi connectivity index (χ2v) is 8.78. The zero-order valence-corrected chi connectivity index (χ0v) is 17.5. The summed E-state index contributed by atoms with van der Waals surface area (Å²) in [7, 11) is 2.12. The summed E-state index contributed by atoms with van der Waals surface area (Å²) in [6, 6.07) is 8.72. The summed E-state index contributed by atoms with van der Waals surface area (Å²) in [4.78, 5) is 19.4. The van der Waals surface area contributed by atoms with Crippen LogP contribution in [0.1, 0.15) is 38.7 Å². The van der Waals surface area contributed by atoms with Gasteiger partial charge in [0.15, 0.2) is 0 Å². The van der Waals surface area contributed by atoms with E-state index in [4.69, 9.17) is 5.73 Å². The Labute approximate surface area is 164 Å². The molecule has 3 aliphatic heterocycles. The van der Waals surface area contributed by atoms with E-state index < -0.39 is 0 Å². The zero-order valence-electron chi connectivity index (χ0n) is 17.5. The molecule has 0 atom stereocenters. The molecule has 3 fully saturated rings. The summed E-state index contributed by atoms with van der Waals surface area (Å²) < 4.78 is 0. The third-order valence-corrected chi connectivity index (χ3v) is 6.34. The number of anilines is 1. The van der Waals surface area contributed by atoms with E-state index in [1.165, 1.54) is 11.3 Å². The number of likely N-dealkylation sites (tertiary alicyclic amines) is 2. The Kier molecular flexibility index (Phi) is 5.82. The molecule has 0 radical (unpaired) electrons. The van der Waals surface area contributed by atoms with E-state index in [2.05, 4.69) is 48.0 Å². The lowest BCUT2D eigenvalue weighted by Gasteiger charge is -2.61. The molecule has 1 aromatic rings. The normalized spacial score (nSPS) is 23.1. The highest BCUT2D eigenvalue weighted by molar-refractivity contribution is 5.79. The van der Waals surface area contributed by atoms with Gasteiger partial charge in [0.25, 0.3) is 0 Å².